The number of oxazole rings is 1. The van der Waals surface area contributed by atoms with Crippen molar-refractivity contribution in [1.82, 2.24) is 4.98 Å². The quantitative estimate of drug-likeness (QED) is 0.908. The molecule has 0 radical (unpaired) electrons. The van der Waals surface area contributed by atoms with Crippen LogP contribution in [0.4, 0.5) is 0 Å². The molecule has 19 heavy (non-hydrogen) atoms. The summed E-state index contributed by atoms with van der Waals surface area (Å²) in [6, 6.07) is 6.88. The molecular formula is C13H12ClN3O2. The maximum absolute atomic E-state index is 9.05. The van der Waals surface area contributed by atoms with Crippen molar-refractivity contribution >= 4 is 11.6 Å². The molecule has 0 aliphatic carbocycles. The molecule has 1 heterocycles. The smallest absolute Gasteiger partial charge is 0.235 e. The van der Waals surface area contributed by atoms with Crippen LogP contribution in [0.5, 0.6) is 5.75 Å². The monoisotopic (exact) mass is 277 g/mol. The fourth-order valence-corrected chi connectivity index (χ4v) is 1.78. The van der Waals surface area contributed by atoms with Gasteiger partial charge in [0.25, 0.3) is 0 Å². The molecule has 0 aliphatic rings. The highest BCUT2D eigenvalue weighted by molar-refractivity contribution is 6.30. The van der Waals surface area contributed by atoms with Crippen molar-refractivity contribution in [2.75, 3.05) is 6.54 Å². The Kier molecular flexibility index (Phi) is 4.39. The Balaban J connectivity index is 2.27. The summed E-state index contributed by atoms with van der Waals surface area (Å²) in [5.74, 6) is 0.820. The molecule has 98 valence electrons. The molecule has 0 saturated carbocycles. The number of nitriles is 1. The summed E-state index contributed by atoms with van der Waals surface area (Å²) in [4.78, 5) is 4.05. The van der Waals surface area contributed by atoms with Crippen molar-refractivity contribution in [1.29, 1.82) is 5.26 Å². The van der Waals surface area contributed by atoms with Crippen molar-refractivity contribution < 1.29 is 9.15 Å². The van der Waals surface area contributed by atoms with Gasteiger partial charge in [-0.15, -0.1) is 0 Å². The molecule has 1 aromatic carbocycles. The van der Waals surface area contributed by atoms with Crippen LogP contribution in [-0.4, -0.2) is 11.5 Å². The second kappa shape index (κ2) is 6.23. The minimum absolute atomic E-state index is 0.395. The number of rotatable bonds is 5. The zero-order chi connectivity index (χ0) is 13.7. The van der Waals surface area contributed by atoms with Crippen LogP contribution in [0.3, 0.4) is 0 Å². The number of nitrogens with two attached hydrogens (primary N) is 1. The molecule has 0 bridgehead atoms. The maximum atomic E-state index is 9.05. The highest BCUT2D eigenvalue weighted by Crippen LogP contribution is 2.28. The summed E-state index contributed by atoms with van der Waals surface area (Å²) in [5.41, 5.74) is 5.95. The molecule has 0 spiro atoms. The molecule has 0 fully saturated rings. The lowest BCUT2D eigenvalue weighted by molar-refractivity contribution is 0.162. The standard InChI is InChI=1S/C13H12ClN3O2/c14-10-2-1-9(8-16)12(7-10)19-11(3-4-15)13-17-5-6-18-13/h1-2,5-7,11H,3-4,15H2/t11-/m1/s1. The van der Waals surface area contributed by atoms with Crippen molar-refractivity contribution in [3.05, 3.63) is 47.1 Å². The number of hydrogen-bond acceptors (Lipinski definition) is 5. The molecule has 2 rings (SSSR count). The summed E-state index contributed by atoms with van der Waals surface area (Å²) in [5, 5.41) is 9.54. The summed E-state index contributed by atoms with van der Waals surface area (Å²) < 4.78 is 11.0. The summed E-state index contributed by atoms with van der Waals surface area (Å²) in [7, 11) is 0. The molecule has 5 nitrogen and oxygen atoms in total. The molecule has 0 aliphatic heterocycles. The van der Waals surface area contributed by atoms with Crippen LogP contribution in [0.25, 0.3) is 0 Å². The summed E-state index contributed by atoms with van der Waals surface area (Å²) >= 11 is 5.91. The predicted molar refractivity (Wildman–Crippen MR) is 69.7 cm³/mol. The molecular weight excluding hydrogens is 266 g/mol. The van der Waals surface area contributed by atoms with Crippen LogP contribution in [0, 0.1) is 11.3 Å². The molecule has 0 amide bonds. The van der Waals surface area contributed by atoms with E-state index < -0.39 is 6.10 Å². The Morgan fingerprint density at radius 2 is 2.37 bits per heavy atom. The van der Waals surface area contributed by atoms with Gasteiger partial charge in [-0.1, -0.05) is 11.6 Å². The number of ether oxygens (including phenoxy) is 1. The number of benzene rings is 1. The summed E-state index contributed by atoms with van der Waals surface area (Å²) in [6.45, 7) is 0.412. The Bertz CT molecular complexity index is 578. The molecule has 1 aromatic heterocycles. The average Bonchev–Trinajstić information content (AvgIpc) is 2.92. The van der Waals surface area contributed by atoms with Crippen LogP contribution in [-0.2, 0) is 0 Å². The maximum Gasteiger partial charge on any atom is 0.235 e. The van der Waals surface area contributed by atoms with Crippen molar-refractivity contribution in [2.24, 2.45) is 5.73 Å². The molecule has 2 N–H and O–H groups in total. The molecule has 6 heteroatoms. The SMILES string of the molecule is N#Cc1ccc(Cl)cc1O[C@H](CCN)c1ncco1. The molecule has 0 unspecified atom stereocenters. The van der Waals surface area contributed by atoms with Crippen LogP contribution >= 0.6 is 11.6 Å². The first-order valence-electron chi connectivity index (χ1n) is 5.70. The Hall–Kier alpha value is -2.03. The minimum atomic E-state index is -0.439. The Morgan fingerprint density at radius 1 is 1.53 bits per heavy atom. The van der Waals surface area contributed by atoms with Crippen LogP contribution in [0.15, 0.2) is 35.1 Å². The third kappa shape index (κ3) is 3.25. The average molecular weight is 278 g/mol. The van der Waals surface area contributed by atoms with Gasteiger partial charge in [-0.25, -0.2) is 4.98 Å². The van der Waals surface area contributed by atoms with E-state index in [0.29, 0.717) is 35.2 Å². The predicted octanol–water partition coefficient (Wildman–Crippen LogP) is 2.67. The lowest BCUT2D eigenvalue weighted by Crippen LogP contribution is -2.14. The second-order valence-electron chi connectivity index (χ2n) is 3.81. The lowest BCUT2D eigenvalue weighted by Gasteiger charge is -2.16. The van der Waals surface area contributed by atoms with E-state index in [0.717, 1.165) is 0 Å². The lowest BCUT2D eigenvalue weighted by atomic mass is 10.2. The molecule has 0 saturated heterocycles. The van der Waals surface area contributed by atoms with Crippen LogP contribution in [0.1, 0.15) is 24.0 Å². The van der Waals surface area contributed by atoms with Crippen molar-refractivity contribution in [3.63, 3.8) is 0 Å². The van der Waals surface area contributed by atoms with Crippen molar-refractivity contribution in [2.45, 2.75) is 12.5 Å². The van der Waals surface area contributed by atoms with Gasteiger partial charge < -0.3 is 14.9 Å². The Morgan fingerprint density at radius 3 is 3.00 bits per heavy atom. The number of nitrogens with zero attached hydrogens (tertiary/aromatic N) is 2. The third-order valence-corrected chi connectivity index (χ3v) is 2.72. The topological polar surface area (TPSA) is 85.1 Å². The van der Waals surface area contributed by atoms with E-state index in [1.165, 1.54) is 12.5 Å². The van der Waals surface area contributed by atoms with E-state index in [2.05, 4.69) is 4.98 Å². The van der Waals surface area contributed by atoms with Gasteiger partial charge in [0.15, 0.2) is 6.10 Å². The van der Waals surface area contributed by atoms with E-state index in [1.807, 2.05) is 6.07 Å². The van der Waals surface area contributed by atoms with Gasteiger partial charge in [-0.2, -0.15) is 5.26 Å². The largest absolute Gasteiger partial charge is 0.479 e. The number of hydrogen-bond donors (Lipinski definition) is 1. The first-order chi connectivity index (χ1) is 9.24. The van der Waals surface area contributed by atoms with Gasteiger partial charge in [-0.3, -0.25) is 0 Å². The van der Waals surface area contributed by atoms with Gasteiger partial charge in [-0.05, 0) is 18.7 Å². The fourth-order valence-electron chi connectivity index (χ4n) is 1.62. The normalized spacial score (nSPS) is 11.8. The zero-order valence-corrected chi connectivity index (χ0v) is 10.8. The highest BCUT2D eigenvalue weighted by atomic mass is 35.5. The van der Waals surface area contributed by atoms with E-state index in [9.17, 15) is 0 Å². The van der Waals surface area contributed by atoms with Gasteiger partial charge in [0.2, 0.25) is 5.89 Å². The van der Waals surface area contributed by atoms with E-state index >= 15 is 0 Å². The van der Waals surface area contributed by atoms with Gasteiger partial charge in [0.1, 0.15) is 18.1 Å². The van der Waals surface area contributed by atoms with E-state index in [4.69, 9.17) is 31.8 Å². The first kappa shape index (κ1) is 13.4. The molecule has 1 atom stereocenters. The Labute approximate surface area is 115 Å². The first-order valence-corrected chi connectivity index (χ1v) is 6.08. The van der Waals surface area contributed by atoms with E-state index in [-0.39, 0.29) is 0 Å². The zero-order valence-electron chi connectivity index (χ0n) is 10.0. The van der Waals surface area contributed by atoms with Gasteiger partial charge in [0.05, 0.1) is 11.8 Å². The van der Waals surface area contributed by atoms with Crippen molar-refractivity contribution in [3.8, 4) is 11.8 Å². The fraction of sp³-hybridized carbons (Fsp3) is 0.231. The third-order valence-electron chi connectivity index (χ3n) is 2.49. The summed E-state index contributed by atoms with van der Waals surface area (Å²) in [6.07, 6.45) is 3.08. The number of aromatic nitrogens is 1. The van der Waals surface area contributed by atoms with Crippen LogP contribution < -0.4 is 10.5 Å². The van der Waals surface area contributed by atoms with Crippen LogP contribution in [0.2, 0.25) is 5.02 Å². The highest BCUT2D eigenvalue weighted by Gasteiger charge is 2.19. The van der Waals surface area contributed by atoms with Gasteiger partial charge >= 0.3 is 0 Å². The second-order valence-corrected chi connectivity index (χ2v) is 4.24. The minimum Gasteiger partial charge on any atom is -0.479 e. The van der Waals surface area contributed by atoms with Gasteiger partial charge in [0, 0.05) is 17.5 Å². The molecule has 2 aromatic rings. The van der Waals surface area contributed by atoms with E-state index in [1.54, 1.807) is 18.2 Å². The number of halogens is 1.